The van der Waals surface area contributed by atoms with Crippen molar-refractivity contribution in [2.45, 2.75) is 87.3 Å². The van der Waals surface area contributed by atoms with Crippen molar-refractivity contribution in [2.24, 2.45) is 0 Å². The van der Waals surface area contributed by atoms with Gasteiger partial charge in [0.2, 0.25) is 0 Å². The number of carbonyl (C=O) groups is 1. The van der Waals surface area contributed by atoms with Crippen molar-refractivity contribution in [3.05, 3.63) is 65.0 Å². The van der Waals surface area contributed by atoms with Gasteiger partial charge in [0.1, 0.15) is 0 Å². The normalized spacial score (nSPS) is 28.2. The van der Waals surface area contributed by atoms with E-state index in [1.54, 1.807) is 4.90 Å². The van der Waals surface area contributed by atoms with Crippen LogP contribution in [0.25, 0.3) is 0 Å². The number of hydrogen-bond donors (Lipinski definition) is 1. The molecule has 2 unspecified atom stereocenters. The Balaban J connectivity index is 1.21. The third-order valence-electron chi connectivity index (χ3n) is 9.66. The minimum absolute atomic E-state index is 0.0504. The minimum Gasteiger partial charge on any atom is -0.375 e. The molecule has 2 aliphatic carbocycles. The summed E-state index contributed by atoms with van der Waals surface area (Å²) >= 11 is 0. The Kier molecular flexibility index (Phi) is 6.74. The van der Waals surface area contributed by atoms with E-state index in [0.29, 0.717) is 6.04 Å². The summed E-state index contributed by atoms with van der Waals surface area (Å²) in [5.74, 6) is 0. The number of ether oxygens (including phenoxy) is 1. The maximum atomic E-state index is 12.9. The van der Waals surface area contributed by atoms with Gasteiger partial charge in [0.05, 0.1) is 11.6 Å². The van der Waals surface area contributed by atoms with E-state index >= 15 is 0 Å². The second-order valence-corrected chi connectivity index (χ2v) is 12.1. The van der Waals surface area contributed by atoms with Crippen LogP contribution in [-0.2, 0) is 16.6 Å². The molecule has 1 spiro atoms. The molecule has 3 atom stereocenters. The van der Waals surface area contributed by atoms with E-state index in [4.69, 9.17) is 9.72 Å². The van der Waals surface area contributed by atoms with E-state index in [1.165, 1.54) is 48.1 Å². The predicted octanol–water partition coefficient (Wildman–Crippen LogP) is 5.54. The molecular formula is C31H42N4O2. The number of benzene rings is 1. The monoisotopic (exact) mass is 502 g/mol. The molecule has 2 aliphatic heterocycles. The van der Waals surface area contributed by atoms with Gasteiger partial charge in [0.15, 0.2) is 0 Å². The van der Waals surface area contributed by atoms with Gasteiger partial charge in [-0.1, -0.05) is 37.1 Å². The molecule has 1 aromatic carbocycles. The number of carbonyl (C=O) groups excluding carboxylic acids is 1. The van der Waals surface area contributed by atoms with Gasteiger partial charge >= 0.3 is 6.03 Å². The highest BCUT2D eigenvalue weighted by molar-refractivity contribution is 5.75. The topological polar surface area (TPSA) is 57.7 Å². The SMILES string of the molecule is CN(C)C(=O)N1CCc2cccc3c2C1CCC3NCC[C@@]1(c2ccccn2)CCOC2(CCCC2)C1. The van der Waals surface area contributed by atoms with E-state index < -0.39 is 0 Å². The summed E-state index contributed by atoms with van der Waals surface area (Å²) in [4.78, 5) is 21.6. The molecule has 1 saturated heterocycles. The van der Waals surface area contributed by atoms with Gasteiger partial charge in [0, 0.05) is 50.6 Å². The lowest BCUT2D eigenvalue weighted by molar-refractivity contribution is -0.104. The molecule has 198 valence electrons. The Labute approximate surface area is 221 Å². The Morgan fingerprint density at radius 1 is 1.14 bits per heavy atom. The Morgan fingerprint density at radius 2 is 2.00 bits per heavy atom. The summed E-state index contributed by atoms with van der Waals surface area (Å²) in [6, 6.07) is 13.9. The fourth-order valence-corrected chi connectivity index (χ4v) is 7.87. The van der Waals surface area contributed by atoms with Crippen molar-refractivity contribution in [2.75, 3.05) is 33.8 Å². The van der Waals surface area contributed by atoms with Crippen LogP contribution in [0.4, 0.5) is 4.79 Å². The highest BCUT2D eigenvalue weighted by Gasteiger charge is 2.48. The molecule has 2 fully saturated rings. The third kappa shape index (κ3) is 4.57. The van der Waals surface area contributed by atoms with Crippen LogP contribution in [0.1, 0.15) is 92.3 Å². The van der Waals surface area contributed by atoms with E-state index in [0.717, 1.165) is 58.2 Å². The van der Waals surface area contributed by atoms with Crippen molar-refractivity contribution in [3.8, 4) is 0 Å². The zero-order valence-electron chi connectivity index (χ0n) is 22.5. The molecule has 1 aromatic heterocycles. The van der Waals surface area contributed by atoms with Gasteiger partial charge in [-0.25, -0.2) is 4.79 Å². The fourth-order valence-electron chi connectivity index (χ4n) is 7.87. The van der Waals surface area contributed by atoms with Gasteiger partial charge < -0.3 is 19.9 Å². The minimum atomic E-state index is 0.0504. The average Bonchev–Trinajstić information content (AvgIpc) is 3.37. The first-order valence-corrected chi connectivity index (χ1v) is 14.4. The van der Waals surface area contributed by atoms with Crippen LogP contribution >= 0.6 is 0 Å². The van der Waals surface area contributed by atoms with E-state index in [9.17, 15) is 4.79 Å². The maximum absolute atomic E-state index is 12.9. The van der Waals surface area contributed by atoms with Crippen LogP contribution in [0.2, 0.25) is 0 Å². The first-order valence-electron chi connectivity index (χ1n) is 14.4. The number of nitrogens with one attached hydrogen (secondary N) is 1. The van der Waals surface area contributed by atoms with E-state index in [1.807, 2.05) is 26.4 Å². The molecule has 3 heterocycles. The van der Waals surface area contributed by atoms with Crippen molar-refractivity contribution in [3.63, 3.8) is 0 Å². The van der Waals surface area contributed by atoms with E-state index in [2.05, 4.69) is 40.5 Å². The Hall–Kier alpha value is -2.44. The molecule has 2 amide bonds. The molecule has 1 saturated carbocycles. The van der Waals surface area contributed by atoms with Crippen molar-refractivity contribution >= 4 is 6.03 Å². The number of hydrogen-bond acceptors (Lipinski definition) is 4. The largest absolute Gasteiger partial charge is 0.375 e. The van der Waals surface area contributed by atoms with Gasteiger partial charge in [-0.3, -0.25) is 4.98 Å². The van der Waals surface area contributed by atoms with Crippen LogP contribution < -0.4 is 5.32 Å². The smallest absolute Gasteiger partial charge is 0.320 e. The molecule has 2 aromatic rings. The fraction of sp³-hybridized carbons (Fsp3) is 0.613. The predicted molar refractivity (Wildman–Crippen MR) is 146 cm³/mol. The molecule has 6 nitrogen and oxygen atoms in total. The van der Waals surface area contributed by atoms with Crippen LogP contribution in [0.3, 0.4) is 0 Å². The van der Waals surface area contributed by atoms with Crippen LogP contribution in [-0.4, -0.2) is 60.2 Å². The van der Waals surface area contributed by atoms with Crippen molar-refractivity contribution in [1.82, 2.24) is 20.1 Å². The molecule has 4 aliphatic rings. The zero-order chi connectivity index (χ0) is 25.5. The summed E-state index contributed by atoms with van der Waals surface area (Å²) in [7, 11) is 3.72. The molecule has 6 rings (SSSR count). The second kappa shape index (κ2) is 10.0. The van der Waals surface area contributed by atoms with Crippen molar-refractivity contribution < 1.29 is 9.53 Å². The number of pyridine rings is 1. The summed E-state index contributed by atoms with van der Waals surface area (Å²) in [5.41, 5.74) is 5.59. The molecule has 37 heavy (non-hydrogen) atoms. The third-order valence-corrected chi connectivity index (χ3v) is 9.66. The first kappa shape index (κ1) is 24.9. The highest BCUT2D eigenvalue weighted by Crippen LogP contribution is 2.50. The molecule has 1 N–H and O–H groups in total. The number of nitrogens with zero attached hydrogens (tertiary/aromatic N) is 3. The lowest BCUT2D eigenvalue weighted by Crippen LogP contribution is -2.48. The molecule has 0 bridgehead atoms. The number of urea groups is 1. The lowest BCUT2D eigenvalue weighted by Gasteiger charge is -2.47. The second-order valence-electron chi connectivity index (χ2n) is 12.1. The van der Waals surface area contributed by atoms with Crippen LogP contribution in [0, 0.1) is 0 Å². The summed E-state index contributed by atoms with van der Waals surface area (Å²) < 4.78 is 6.45. The van der Waals surface area contributed by atoms with Crippen molar-refractivity contribution in [1.29, 1.82) is 0 Å². The number of aromatic nitrogens is 1. The average molecular weight is 503 g/mol. The first-order chi connectivity index (χ1) is 18.0. The molecule has 0 radical (unpaired) electrons. The van der Waals surface area contributed by atoms with Gasteiger partial charge in [-0.2, -0.15) is 0 Å². The van der Waals surface area contributed by atoms with Gasteiger partial charge in [-0.05, 0) is 86.7 Å². The zero-order valence-corrected chi connectivity index (χ0v) is 22.5. The summed E-state index contributed by atoms with van der Waals surface area (Å²) in [6.45, 7) is 2.61. The quantitative estimate of drug-likeness (QED) is 0.583. The Morgan fingerprint density at radius 3 is 2.78 bits per heavy atom. The standard InChI is InChI=1S/C31H42N4O2/c1-34(2)29(36)35-20-13-23-8-7-9-24-25(11-12-26(35)28(23)24)32-19-16-30(27-10-3-6-18-33-27)17-21-37-31(22-30)14-4-5-15-31/h3,6-10,18,25-26,32H,4-5,11-17,19-22H2,1-2H3/t25?,26?,30-/m1/s1. The van der Waals surface area contributed by atoms with Gasteiger partial charge in [0.25, 0.3) is 0 Å². The highest BCUT2D eigenvalue weighted by atomic mass is 16.5. The summed E-state index contributed by atoms with van der Waals surface area (Å²) in [5, 5.41) is 3.98. The maximum Gasteiger partial charge on any atom is 0.320 e. The molecular weight excluding hydrogens is 460 g/mol. The number of rotatable bonds is 5. The van der Waals surface area contributed by atoms with E-state index in [-0.39, 0.29) is 23.1 Å². The van der Waals surface area contributed by atoms with Gasteiger partial charge in [-0.15, -0.1) is 0 Å². The van der Waals surface area contributed by atoms with Crippen LogP contribution in [0.5, 0.6) is 0 Å². The number of amides is 2. The van der Waals surface area contributed by atoms with Crippen LogP contribution in [0.15, 0.2) is 42.6 Å². The molecule has 6 heteroatoms. The lowest BCUT2D eigenvalue weighted by atomic mass is 9.68. The summed E-state index contributed by atoms with van der Waals surface area (Å²) in [6.07, 6.45) is 13.1. The Bertz CT molecular complexity index is 1110.